The van der Waals surface area contributed by atoms with Gasteiger partial charge in [0.15, 0.2) is 0 Å². The van der Waals surface area contributed by atoms with Gasteiger partial charge >= 0.3 is 0 Å². The van der Waals surface area contributed by atoms with E-state index in [4.69, 9.17) is 4.74 Å². The second kappa shape index (κ2) is 5.55. The van der Waals surface area contributed by atoms with Crippen molar-refractivity contribution in [3.8, 4) is 0 Å². The van der Waals surface area contributed by atoms with E-state index in [1.165, 1.54) is 5.38 Å². The molecule has 0 heterocycles. The first-order valence-electron chi connectivity index (χ1n) is 5.71. The largest absolute Gasteiger partial charge is 0.504 e. The van der Waals surface area contributed by atoms with Crippen molar-refractivity contribution >= 4 is 8.07 Å². The van der Waals surface area contributed by atoms with Crippen LogP contribution in [0.4, 0.5) is 0 Å². The topological polar surface area (TPSA) is 9.23 Å². The molecule has 15 heavy (non-hydrogen) atoms. The molecule has 0 aromatic carbocycles. The summed E-state index contributed by atoms with van der Waals surface area (Å²) in [5.74, 6) is 0. The molecule has 0 aromatic heterocycles. The lowest BCUT2D eigenvalue weighted by Gasteiger charge is -2.38. The van der Waals surface area contributed by atoms with E-state index in [1.54, 1.807) is 0 Å². The molecular formula is C13H26OSi. The standard InChI is InChI=1S/C13H26OSi/c1-8-10-11-12(14-9-2)15(6,7)13(3,4)5/h8,11H,1,9-10H2,2-7H3/b12-11-. The fourth-order valence-electron chi connectivity index (χ4n) is 1.21. The van der Waals surface area contributed by atoms with Gasteiger partial charge in [-0.15, -0.1) is 6.58 Å². The highest BCUT2D eigenvalue weighted by Crippen LogP contribution is 2.40. The molecule has 1 nitrogen and oxygen atoms in total. The molecule has 0 rings (SSSR count). The smallest absolute Gasteiger partial charge is 0.130 e. The summed E-state index contributed by atoms with van der Waals surface area (Å²) >= 11 is 0. The molecule has 0 aliphatic rings. The van der Waals surface area contributed by atoms with E-state index in [-0.39, 0.29) is 0 Å². The average Bonchev–Trinajstić information content (AvgIpc) is 2.10. The van der Waals surface area contributed by atoms with Crippen LogP contribution in [-0.4, -0.2) is 14.7 Å². The van der Waals surface area contributed by atoms with Crippen LogP contribution >= 0.6 is 0 Å². The van der Waals surface area contributed by atoms with Crippen LogP contribution < -0.4 is 0 Å². The molecular weight excluding hydrogens is 200 g/mol. The maximum atomic E-state index is 5.81. The van der Waals surface area contributed by atoms with Gasteiger partial charge < -0.3 is 4.74 Å². The number of hydrogen-bond acceptors (Lipinski definition) is 1. The molecule has 0 unspecified atom stereocenters. The van der Waals surface area contributed by atoms with Crippen molar-refractivity contribution < 1.29 is 4.74 Å². The van der Waals surface area contributed by atoms with Crippen molar-refractivity contribution in [2.75, 3.05) is 6.61 Å². The van der Waals surface area contributed by atoms with Crippen LogP contribution in [-0.2, 0) is 4.74 Å². The second-order valence-electron chi connectivity index (χ2n) is 5.40. The Hall–Kier alpha value is -0.503. The van der Waals surface area contributed by atoms with Gasteiger partial charge in [-0.2, -0.15) is 0 Å². The fraction of sp³-hybridized carbons (Fsp3) is 0.692. The number of hydrogen-bond donors (Lipinski definition) is 0. The Balaban J connectivity index is 4.97. The van der Waals surface area contributed by atoms with E-state index in [9.17, 15) is 0 Å². The molecule has 0 N–H and O–H groups in total. The third-order valence-corrected chi connectivity index (χ3v) is 8.59. The lowest BCUT2D eigenvalue weighted by atomic mass is 10.2. The fourth-order valence-corrected chi connectivity index (χ4v) is 3.08. The van der Waals surface area contributed by atoms with Crippen molar-refractivity contribution in [1.29, 1.82) is 0 Å². The van der Waals surface area contributed by atoms with E-state index in [2.05, 4.69) is 53.4 Å². The minimum Gasteiger partial charge on any atom is -0.504 e. The van der Waals surface area contributed by atoms with Crippen LogP contribution in [0.25, 0.3) is 0 Å². The van der Waals surface area contributed by atoms with Crippen molar-refractivity contribution in [2.45, 2.75) is 52.2 Å². The molecule has 0 saturated heterocycles. The summed E-state index contributed by atoms with van der Waals surface area (Å²) in [6.07, 6.45) is 5.03. The molecule has 0 bridgehead atoms. The van der Waals surface area contributed by atoms with Crippen molar-refractivity contribution in [1.82, 2.24) is 0 Å². The van der Waals surface area contributed by atoms with Gasteiger partial charge in [0.2, 0.25) is 0 Å². The van der Waals surface area contributed by atoms with Crippen LogP contribution in [0.2, 0.25) is 18.1 Å². The highest BCUT2D eigenvalue weighted by molar-refractivity contribution is 6.86. The molecule has 0 saturated carbocycles. The lowest BCUT2D eigenvalue weighted by Crippen LogP contribution is -2.40. The molecule has 0 spiro atoms. The summed E-state index contributed by atoms with van der Waals surface area (Å²) in [4.78, 5) is 0. The molecule has 0 aromatic rings. The third kappa shape index (κ3) is 3.86. The quantitative estimate of drug-likeness (QED) is 0.380. The summed E-state index contributed by atoms with van der Waals surface area (Å²) in [5, 5.41) is 1.55. The Morgan fingerprint density at radius 2 is 1.87 bits per heavy atom. The maximum Gasteiger partial charge on any atom is 0.130 e. The highest BCUT2D eigenvalue weighted by Gasteiger charge is 2.40. The van der Waals surface area contributed by atoms with Gasteiger partial charge in [0.05, 0.1) is 12.0 Å². The van der Waals surface area contributed by atoms with Crippen LogP contribution in [0.1, 0.15) is 34.1 Å². The van der Waals surface area contributed by atoms with Crippen LogP contribution in [0.5, 0.6) is 0 Å². The SMILES string of the molecule is C=CC/C=C(/OCC)[Si](C)(C)C(C)(C)C. The first-order chi connectivity index (χ1) is 6.77. The normalized spacial score (nSPS) is 13.9. The molecule has 0 radical (unpaired) electrons. The van der Waals surface area contributed by atoms with E-state index >= 15 is 0 Å². The Kier molecular flexibility index (Phi) is 5.36. The maximum absolute atomic E-state index is 5.81. The number of ether oxygens (including phenoxy) is 1. The predicted molar refractivity (Wildman–Crippen MR) is 71.7 cm³/mol. The Labute approximate surface area is 96.2 Å². The monoisotopic (exact) mass is 226 g/mol. The minimum atomic E-state index is -1.50. The zero-order chi connectivity index (χ0) is 12.1. The van der Waals surface area contributed by atoms with Gasteiger partial charge in [0, 0.05) is 0 Å². The Morgan fingerprint density at radius 3 is 2.20 bits per heavy atom. The first kappa shape index (κ1) is 14.5. The van der Waals surface area contributed by atoms with E-state index in [0.29, 0.717) is 5.04 Å². The predicted octanol–water partition coefficient (Wildman–Crippen LogP) is 4.53. The van der Waals surface area contributed by atoms with Gasteiger partial charge in [-0.25, -0.2) is 0 Å². The van der Waals surface area contributed by atoms with Crippen LogP contribution in [0, 0.1) is 0 Å². The van der Waals surface area contributed by atoms with Gasteiger partial charge in [0.1, 0.15) is 8.07 Å². The van der Waals surface area contributed by atoms with Crippen molar-refractivity contribution in [3.05, 3.63) is 24.1 Å². The van der Waals surface area contributed by atoms with Gasteiger partial charge in [-0.1, -0.05) is 39.9 Å². The number of rotatable bonds is 5. The molecule has 0 atom stereocenters. The van der Waals surface area contributed by atoms with Gasteiger partial charge in [-0.3, -0.25) is 0 Å². The molecule has 0 amide bonds. The van der Waals surface area contributed by atoms with E-state index < -0.39 is 8.07 Å². The van der Waals surface area contributed by atoms with Crippen molar-refractivity contribution in [3.63, 3.8) is 0 Å². The zero-order valence-electron chi connectivity index (χ0n) is 11.2. The summed E-state index contributed by atoms with van der Waals surface area (Å²) in [5.41, 5.74) is 0. The Morgan fingerprint density at radius 1 is 1.33 bits per heavy atom. The van der Waals surface area contributed by atoms with Gasteiger partial charge in [0.25, 0.3) is 0 Å². The summed E-state index contributed by atoms with van der Waals surface area (Å²) in [6, 6.07) is 0. The van der Waals surface area contributed by atoms with Crippen molar-refractivity contribution in [2.24, 2.45) is 0 Å². The van der Waals surface area contributed by atoms with E-state index in [0.717, 1.165) is 13.0 Å². The molecule has 0 aliphatic carbocycles. The second-order valence-corrected chi connectivity index (χ2v) is 10.6. The van der Waals surface area contributed by atoms with Crippen LogP contribution in [0.3, 0.4) is 0 Å². The summed E-state index contributed by atoms with van der Waals surface area (Å²) < 4.78 is 5.81. The average molecular weight is 226 g/mol. The molecule has 0 fully saturated rings. The molecule has 88 valence electrons. The molecule has 0 aliphatic heterocycles. The zero-order valence-corrected chi connectivity index (χ0v) is 12.2. The first-order valence-corrected chi connectivity index (χ1v) is 8.71. The summed E-state index contributed by atoms with van der Waals surface area (Å²) in [6.45, 7) is 18.2. The lowest BCUT2D eigenvalue weighted by molar-refractivity contribution is 0.247. The van der Waals surface area contributed by atoms with E-state index in [1.807, 2.05) is 6.08 Å². The Bertz CT molecular complexity index is 233. The van der Waals surface area contributed by atoms with Gasteiger partial charge in [-0.05, 0) is 24.5 Å². The van der Waals surface area contributed by atoms with Crippen LogP contribution in [0.15, 0.2) is 24.1 Å². The molecule has 2 heteroatoms. The minimum absolute atomic E-state index is 0.329. The highest BCUT2D eigenvalue weighted by atomic mass is 28.3. The number of allylic oxidation sites excluding steroid dienone is 2. The third-order valence-electron chi connectivity index (χ3n) is 3.26. The summed E-state index contributed by atoms with van der Waals surface area (Å²) in [7, 11) is -1.50.